The first-order valence-electron chi connectivity index (χ1n) is 7.63. The SMILES string of the molecule is CCCNC(CCc1ccc(OC)cc1)c1cscc1C. The Labute approximate surface area is 132 Å². The molecule has 0 amide bonds. The van der Waals surface area contributed by atoms with Crippen LogP contribution in [0.2, 0.25) is 0 Å². The van der Waals surface area contributed by atoms with Gasteiger partial charge in [0.25, 0.3) is 0 Å². The summed E-state index contributed by atoms with van der Waals surface area (Å²) in [6.45, 7) is 5.50. The Morgan fingerprint density at radius 3 is 2.52 bits per heavy atom. The van der Waals surface area contributed by atoms with Crippen LogP contribution in [0.1, 0.15) is 42.5 Å². The van der Waals surface area contributed by atoms with Gasteiger partial charge in [-0.2, -0.15) is 11.3 Å². The monoisotopic (exact) mass is 303 g/mol. The van der Waals surface area contributed by atoms with Gasteiger partial charge in [-0.15, -0.1) is 0 Å². The molecule has 1 aromatic heterocycles. The number of benzene rings is 1. The molecule has 114 valence electrons. The van der Waals surface area contributed by atoms with Crippen LogP contribution in [0.25, 0.3) is 0 Å². The molecule has 0 radical (unpaired) electrons. The van der Waals surface area contributed by atoms with Crippen molar-refractivity contribution >= 4 is 11.3 Å². The zero-order valence-electron chi connectivity index (χ0n) is 13.2. The molecule has 0 bridgehead atoms. The summed E-state index contributed by atoms with van der Waals surface area (Å²) in [5.74, 6) is 0.924. The number of hydrogen-bond donors (Lipinski definition) is 1. The number of rotatable bonds is 8. The minimum absolute atomic E-state index is 0.457. The Kier molecular flexibility index (Phi) is 6.27. The second kappa shape index (κ2) is 8.20. The third-order valence-electron chi connectivity index (χ3n) is 3.79. The predicted molar refractivity (Wildman–Crippen MR) is 91.4 cm³/mol. The van der Waals surface area contributed by atoms with Crippen LogP contribution in [0, 0.1) is 6.92 Å². The van der Waals surface area contributed by atoms with E-state index in [0.717, 1.165) is 25.1 Å². The maximum Gasteiger partial charge on any atom is 0.118 e. The van der Waals surface area contributed by atoms with E-state index in [1.165, 1.54) is 23.1 Å². The van der Waals surface area contributed by atoms with Crippen molar-refractivity contribution in [2.24, 2.45) is 0 Å². The van der Waals surface area contributed by atoms with Crippen LogP contribution < -0.4 is 10.1 Å². The Bertz CT molecular complexity index is 532. The van der Waals surface area contributed by atoms with E-state index >= 15 is 0 Å². The average Bonchev–Trinajstić information content (AvgIpc) is 2.94. The molecule has 2 nitrogen and oxygen atoms in total. The summed E-state index contributed by atoms with van der Waals surface area (Å²) in [6.07, 6.45) is 3.38. The fourth-order valence-electron chi connectivity index (χ4n) is 2.52. The molecule has 0 saturated carbocycles. The fourth-order valence-corrected chi connectivity index (χ4v) is 3.42. The van der Waals surface area contributed by atoms with Gasteiger partial charge in [-0.05, 0) is 72.3 Å². The topological polar surface area (TPSA) is 21.3 Å². The summed E-state index contributed by atoms with van der Waals surface area (Å²) >= 11 is 1.80. The Morgan fingerprint density at radius 2 is 1.95 bits per heavy atom. The van der Waals surface area contributed by atoms with Crippen molar-refractivity contribution < 1.29 is 4.74 Å². The summed E-state index contributed by atoms with van der Waals surface area (Å²) in [5.41, 5.74) is 4.23. The zero-order valence-corrected chi connectivity index (χ0v) is 14.0. The van der Waals surface area contributed by atoms with Crippen molar-refractivity contribution in [3.8, 4) is 5.75 Å². The Balaban J connectivity index is 1.99. The molecular formula is C18H25NOS. The van der Waals surface area contributed by atoms with Crippen LogP contribution in [0.15, 0.2) is 35.0 Å². The molecule has 0 aliphatic rings. The van der Waals surface area contributed by atoms with E-state index in [-0.39, 0.29) is 0 Å². The number of ether oxygens (including phenoxy) is 1. The van der Waals surface area contributed by atoms with Crippen molar-refractivity contribution in [1.82, 2.24) is 5.32 Å². The molecule has 1 unspecified atom stereocenters. The van der Waals surface area contributed by atoms with E-state index in [2.05, 4.69) is 42.1 Å². The van der Waals surface area contributed by atoms with Gasteiger partial charge in [0.15, 0.2) is 0 Å². The van der Waals surface area contributed by atoms with E-state index in [1.54, 1.807) is 18.4 Å². The van der Waals surface area contributed by atoms with Crippen molar-refractivity contribution in [3.63, 3.8) is 0 Å². The van der Waals surface area contributed by atoms with Gasteiger partial charge in [0.1, 0.15) is 5.75 Å². The second-order valence-electron chi connectivity index (χ2n) is 5.40. The highest BCUT2D eigenvalue weighted by molar-refractivity contribution is 7.08. The van der Waals surface area contributed by atoms with Gasteiger partial charge in [-0.3, -0.25) is 0 Å². The fraction of sp³-hybridized carbons (Fsp3) is 0.444. The lowest BCUT2D eigenvalue weighted by atomic mass is 9.98. The Morgan fingerprint density at radius 1 is 1.19 bits per heavy atom. The maximum absolute atomic E-state index is 5.21. The minimum atomic E-state index is 0.457. The smallest absolute Gasteiger partial charge is 0.118 e. The molecule has 3 heteroatoms. The van der Waals surface area contributed by atoms with Crippen LogP contribution >= 0.6 is 11.3 Å². The van der Waals surface area contributed by atoms with E-state index in [1.807, 2.05) is 12.1 Å². The van der Waals surface area contributed by atoms with Gasteiger partial charge < -0.3 is 10.1 Å². The van der Waals surface area contributed by atoms with Crippen LogP contribution in [-0.2, 0) is 6.42 Å². The van der Waals surface area contributed by atoms with Gasteiger partial charge in [0.2, 0.25) is 0 Å². The number of hydrogen-bond acceptors (Lipinski definition) is 3. The molecule has 1 heterocycles. The lowest BCUT2D eigenvalue weighted by Gasteiger charge is -2.19. The van der Waals surface area contributed by atoms with Crippen LogP contribution in [-0.4, -0.2) is 13.7 Å². The highest BCUT2D eigenvalue weighted by Crippen LogP contribution is 2.26. The van der Waals surface area contributed by atoms with Gasteiger partial charge in [0, 0.05) is 6.04 Å². The molecule has 1 N–H and O–H groups in total. The first kappa shape index (κ1) is 16.1. The van der Waals surface area contributed by atoms with Crippen molar-refractivity contribution in [3.05, 3.63) is 51.7 Å². The van der Waals surface area contributed by atoms with Gasteiger partial charge in [0.05, 0.1) is 7.11 Å². The zero-order chi connectivity index (χ0) is 15.1. The largest absolute Gasteiger partial charge is 0.497 e. The molecule has 0 spiro atoms. The van der Waals surface area contributed by atoms with Gasteiger partial charge in [-0.25, -0.2) is 0 Å². The van der Waals surface area contributed by atoms with Crippen molar-refractivity contribution in [2.75, 3.05) is 13.7 Å². The lowest BCUT2D eigenvalue weighted by molar-refractivity contribution is 0.414. The minimum Gasteiger partial charge on any atom is -0.497 e. The van der Waals surface area contributed by atoms with Crippen LogP contribution in [0.4, 0.5) is 0 Å². The van der Waals surface area contributed by atoms with E-state index < -0.39 is 0 Å². The molecule has 2 aromatic rings. The molecule has 0 aliphatic carbocycles. The molecule has 0 fully saturated rings. The third kappa shape index (κ3) is 4.58. The second-order valence-corrected chi connectivity index (χ2v) is 6.15. The van der Waals surface area contributed by atoms with Gasteiger partial charge >= 0.3 is 0 Å². The normalized spacial score (nSPS) is 12.3. The highest BCUT2D eigenvalue weighted by Gasteiger charge is 2.13. The summed E-state index contributed by atoms with van der Waals surface area (Å²) in [4.78, 5) is 0. The summed E-state index contributed by atoms with van der Waals surface area (Å²) in [6, 6.07) is 8.87. The molecule has 2 rings (SSSR count). The molecule has 21 heavy (non-hydrogen) atoms. The Hall–Kier alpha value is -1.32. The number of nitrogens with one attached hydrogen (secondary N) is 1. The third-order valence-corrected chi connectivity index (χ3v) is 4.67. The van der Waals surface area contributed by atoms with Crippen molar-refractivity contribution in [2.45, 2.75) is 39.2 Å². The highest BCUT2D eigenvalue weighted by atomic mass is 32.1. The summed E-state index contributed by atoms with van der Waals surface area (Å²) < 4.78 is 5.21. The van der Waals surface area contributed by atoms with E-state index in [9.17, 15) is 0 Å². The molecule has 0 aliphatic heterocycles. The van der Waals surface area contributed by atoms with Gasteiger partial charge in [-0.1, -0.05) is 19.1 Å². The van der Waals surface area contributed by atoms with Crippen LogP contribution in [0.3, 0.4) is 0 Å². The number of aryl methyl sites for hydroxylation is 2. The molecule has 0 saturated heterocycles. The molecule has 1 aromatic carbocycles. The first-order valence-corrected chi connectivity index (χ1v) is 8.58. The van der Waals surface area contributed by atoms with E-state index in [0.29, 0.717) is 6.04 Å². The molecule has 1 atom stereocenters. The molecular weight excluding hydrogens is 278 g/mol. The lowest BCUT2D eigenvalue weighted by Crippen LogP contribution is -2.22. The number of methoxy groups -OCH3 is 1. The maximum atomic E-state index is 5.21. The summed E-state index contributed by atoms with van der Waals surface area (Å²) in [7, 11) is 1.71. The summed E-state index contributed by atoms with van der Waals surface area (Å²) in [5, 5.41) is 8.22. The average molecular weight is 303 g/mol. The number of thiophene rings is 1. The quantitative estimate of drug-likeness (QED) is 0.760. The van der Waals surface area contributed by atoms with E-state index in [4.69, 9.17) is 4.74 Å². The standard InChI is InChI=1S/C18H25NOS/c1-4-11-19-18(17-13-21-12-14(17)2)10-7-15-5-8-16(20-3)9-6-15/h5-6,8-9,12-13,18-19H,4,7,10-11H2,1-3H3. The first-order chi connectivity index (χ1) is 10.2. The van der Waals surface area contributed by atoms with Crippen LogP contribution in [0.5, 0.6) is 5.75 Å². The van der Waals surface area contributed by atoms with Crippen molar-refractivity contribution in [1.29, 1.82) is 0 Å². The predicted octanol–water partition coefficient (Wildman–Crippen LogP) is 4.74.